The van der Waals surface area contributed by atoms with Crippen molar-refractivity contribution < 1.29 is 22.7 Å². The Morgan fingerprint density at radius 1 is 1.14 bits per heavy atom. The highest BCUT2D eigenvalue weighted by Crippen LogP contribution is 2.30. The van der Waals surface area contributed by atoms with Crippen molar-refractivity contribution in [2.24, 2.45) is 0 Å². The van der Waals surface area contributed by atoms with Crippen molar-refractivity contribution in [3.63, 3.8) is 0 Å². The molecule has 10 heteroatoms. The molecule has 36 heavy (non-hydrogen) atoms. The van der Waals surface area contributed by atoms with Crippen molar-refractivity contribution in [2.75, 3.05) is 23.7 Å². The molecule has 0 aliphatic heterocycles. The molecular weight excluding hydrogens is 502 g/mol. The minimum absolute atomic E-state index is 0.0914. The van der Waals surface area contributed by atoms with Gasteiger partial charge in [-0.2, -0.15) is 0 Å². The fraction of sp³-hybridized carbons (Fsp3) is 0.462. The fourth-order valence-electron chi connectivity index (χ4n) is 4.34. The Bertz CT molecular complexity index is 1170. The second kappa shape index (κ2) is 12.5. The third-order valence-corrected chi connectivity index (χ3v) is 7.59. The first-order chi connectivity index (χ1) is 17.1. The molecule has 0 bridgehead atoms. The van der Waals surface area contributed by atoms with E-state index in [2.05, 4.69) is 5.32 Å². The molecule has 0 radical (unpaired) electrons. The summed E-state index contributed by atoms with van der Waals surface area (Å²) in [6, 6.07) is 13.0. The molecule has 0 spiro atoms. The third-order valence-electron chi connectivity index (χ3n) is 6.22. The number of anilines is 1. The number of benzene rings is 2. The summed E-state index contributed by atoms with van der Waals surface area (Å²) in [6.07, 6.45) is 4.99. The van der Waals surface area contributed by atoms with Gasteiger partial charge in [-0.1, -0.05) is 48.7 Å². The van der Waals surface area contributed by atoms with E-state index >= 15 is 0 Å². The average molecular weight is 536 g/mol. The zero-order valence-corrected chi connectivity index (χ0v) is 22.5. The molecule has 2 amide bonds. The molecule has 1 aliphatic carbocycles. The summed E-state index contributed by atoms with van der Waals surface area (Å²) < 4.78 is 32.2. The monoisotopic (exact) mass is 535 g/mol. The highest BCUT2D eigenvalue weighted by Gasteiger charge is 2.32. The fourth-order valence-corrected chi connectivity index (χ4v) is 5.41. The number of carbonyl (C=O) groups is 2. The van der Waals surface area contributed by atoms with E-state index in [0.717, 1.165) is 41.8 Å². The van der Waals surface area contributed by atoms with Gasteiger partial charge in [0.1, 0.15) is 18.3 Å². The van der Waals surface area contributed by atoms with Gasteiger partial charge in [0.2, 0.25) is 21.8 Å². The Balaban J connectivity index is 1.91. The van der Waals surface area contributed by atoms with Crippen LogP contribution in [0, 0.1) is 0 Å². The predicted octanol–water partition coefficient (Wildman–Crippen LogP) is 3.98. The molecule has 1 N–H and O–H groups in total. The van der Waals surface area contributed by atoms with Gasteiger partial charge in [-0.25, -0.2) is 8.42 Å². The van der Waals surface area contributed by atoms with Gasteiger partial charge in [-0.15, -0.1) is 0 Å². The Morgan fingerprint density at radius 2 is 1.83 bits per heavy atom. The van der Waals surface area contributed by atoms with Crippen LogP contribution in [0.4, 0.5) is 5.69 Å². The molecule has 0 aromatic heterocycles. The van der Waals surface area contributed by atoms with E-state index in [1.807, 2.05) is 6.07 Å². The van der Waals surface area contributed by atoms with Crippen LogP contribution in [0.15, 0.2) is 48.5 Å². The predicted molar refractivity (Wildman–Crippen MR) is 142 cm³/mol. The lowest BCUT2D eigenvalue weighted by Crippen LogP contribution is -2.52. The van der Waals surface area contributed by atoms with Gasteiger partial charge in [-0.05, 0) is 56.5 Å². The van der Waals surface area contributed by atoms with Crippen LogP contribution in [0.1, 0.15) is 45.1 Å². The standard InChI is InChI=1S/C26H34ClN3O5S/c1-4-35-24-15-8-7-14-23(24)30(36(3,33)34)18-25(31)29(17-20-10-9-11-21(27)16-20)19(2)26(32)28-22-12-5-6-13-22/h7-11,14-16,19,22H,4-6,12-13,17-18H2,1-3H3,(H,28,32)/t19-/m0/s1. The maximum Gasteiger partial charge on any atom is 0.244 e. The topological polar surface area (TPSA) is 96.0 Å². The first kappa shape index (κ1) is 27.8. The van der Waals surface area contributed by atoms with Crippen molar-refractivity contribution in [3.05, 3.63) is 59.1 Å². The first-order valence-corrected chi connectivity index (χ1v) is 14.4. The van der Waals surface area contributed by atoms with Gasteiger partial charge in [0.15, 0.2) is 0 Å². The Kier molecular flexibility index (Phi) is 9.62. The molecule has 2 aromatic carbocycles. The summed E-state index contributed by atoms with van der Waals surface area (Å²) >= 11 is 6.15. The second-order valence-corrected chi connectivity index (χ2v) is 11.3. The average Bonchev–Trinajstić information content (AvgIpc) is 3.33. The van der Waals surface area contributed by atoms with Crippen LogP contribution in [0.3, 0.4) is 0 Å². The molecule has 1 fully saturated rings. The molecule has 196 valence electrons. The smallest absolute Gasteiger partial charge is 0.244 e. The van der Waals surface area contributed by atoms with Gasteiger partial charge in [0.05, 0.1) is 18.6 Å². The lowest BCUT2D eigenvalue weighted by Gasteiger charge is -2.32. The molecular formula is C26H34ClN3O5S. The number of para-hydroxylation sites is 2. The zero-order valence-electron chi connectivity index (χ0n) is 20.9. The number of halogens is 1. The molecule has 2 aromatic rings. The summed E-state index contributed by atoms with van der Waals surface area (Å²) in [6.45, 7) is 3.41. The number of hydrogen-bond donors (Lipinski definition) is 1. The van der Waals surface area contributed by atoms with Gasteiger partial charge in [-0.3, -0.25) is 13.9 Å². The van der Waals surface area contributed by atoms with Crippen molar-refractivity contribution >= 4 is 39.1 Å². The highest BCUT2D eigenvalue weighted by molar-refractivity contribution is 7.92. The quantitative estimate of drug-likeness (QED) is 0.469. The summed E-state index contributed by atoms with van der Waals surface area (Å²) in [5.41, 5.74) is 0.998. The Hall–Kier alpha value is -2.78. The summed E-state index contributed by atoms with van der Waals surface area (Å²) in [5.74, 6) is -0.426. The summed E-state index contributed by atoms with van der Waals surface area (Å²) in [7, 11) is -3.85. The third kappa shape index (κ3) is 7.36. The molecule has 1 aliphatic rings. The lowest BCUT2D eigenvalue weighted by molar-refractivity contribution is -0.139. The van der Waals surface area contributed by atoms with E-state index in [4.69, 9.17) is 16.3 Å². The first-order valence-electron chi connectivity index (χ1n) is 12.1. The van der Waals surface area contributed by atoms with Gasteiger partial charge < -0.3 is 15.0 Å². The SMILES string of the molecule is CCOc1ccccc1N(CC(=O)N(Cc1cccc(Cl)c1)[C@@H](C)C(=O)NC1CCCC1)S(C)(=O)=O. The molecule has 3 rings (SSSR count). The number of ether oxygens (including phenoxy) is 1. The van der Waals surface area contributed by atoms with Crippen molar-refractivity contribution in [1.29, 1.82) is 0 Å². The molecule has 0 heterocycles. The molecule has 1 saturated carbocycles. The van der Waals surface area contributed by atoms with Gasteiger partial charge in [0.25, 0.3) is 0 Å². The molecule has 0 unspecified atom stereocenters. The summed E-state index contributed by atoms with van der Waals surface area (Å²) in [5, 5.41) is 3.55. The molecule has 1 atom stereocenters. The molecule has 8 nitrogen and oxygen atoms in total. The Labute approximate surface area is 218 Å². The number of carbonyl (C=O) groups excluding carboxylic acids is 2. The van der Waals surface area contributed by atoms with Crippen LogP contribution in [0.2, 0.25) is 5.02 Å². The van der Waals surface area contributed by atoms with E-state index in [1.165, 1.54) is 4.90 Å². The van der Waals surface area contributed by atoms with Crippen LogP contribution in [-0.2, 0) is 26.2 Å². The van der Waals surface area contributed by atoms with Crippen LogP contribution in [0.25, 0.3) is 0 Å². The van der Waals surface area contributed by atoms with Crippen molar-refractivity contribution in [3.8, 4) is 5.75 Å². The van der Waals surface area contributed by atoms with Crippen molar-refractivity contribution in [2.45, 2.75) is 58.2 Å². The maximum absolute atomic E-state index is 13.7. The van der Waals surface area contributed by atoms with Gasteiger partial charge >= 0.3 is 0 Å². The van der Waals surface area contributed by atoms with Crippen LogP contribution in [-0.4, -0.2) is 56.6 Å². The number of nitrogens with zero attached hydrogens (tertiary/aromatic N) is 2. The normalized spacial score (nSPS) is 14.8. The number of nitrogens with one attached hydrogen (secondary N) is 1. The van der Waals surface area contributed by atoms with E-state index < -0.39 is 28.5 Å². The zero-order chi connectivity index (χ0) is 26.3. The number of sulfonamides is 1. The van der Waals surface area contributed by atoms with Crippen molar-refractivity contribution in [1.82, 2.24) is 10.2 Å². The maximum atomic E-state index is 13.7. The van der Waals surface area contributed by atoms with Crippen LogP contribution in [0.5, 0.6) is 5.75 Å². The van der Waals surface area contributed by atoms with Crippen LogP contribution >= 0.6 is 11.6 Å². The minimum atomic E-state index is -3.85. The highest BCUT2D eigenvalue weighted by atomic mass is 35.5. The van der Waals surface area contributed by atoms with E-state index in [9.17, 15) is 18.0 Å². The van der Waals surface area contributed by atoms with E-state index in [-0.39, 0.29) is 24.2 Å². The summed E-state index contributed by atoms with van der Waals surface area (Å²) in [4.78, 5) is 28.2. The second-order valence-electron chi connectivity index (χ2n) is 8.99. The molecule has 0 saturated heterocycles. The largest absolute Gasteiger partial charge is 0.492 e. The number of rotatable bonds is 11. The number of amides is 2. The number of hydrogen-bond acceptors (Lipinski definition) is 5. The van der Waals surface area contributed by atoms with Gasteiger partial charge in [0, 0.05) is 17.6 Å². The van der Waals surface area contributed by atoms with E-state index in [1.54, 1.807) is 56.3 Å². The Morgan fingerprint density at radius 3 is 2.47 bits per heavy atom. The van der Waals surface area contributed by atoms with E-state index in [0.29, 0.717) is 17.4 Å². The van der Waals surface area contributed by atoms with Crippen LogP contribution < -0.4 is 14.4 Å². The lowest BCUT2D eigenvalue weighted by atomic mass is 10.1. The minimum Gasteiger partial charge on any atom is -0.492 e.